The van der Waals surface area contributed by atoms with Gasteiger partial charge in [-0.2, -0.15) is 0 Å². The van der Waals surface area contributed by atoms with E-state index in [4.69, 9.17) is 11.5 Å². The third-order valence-electron chi connectivity index (χ3n) is 3.00. The Morgan fingerprint density at radius 1 is 1.35 bits per heavy atom. The Labute approximate surface area is 119 Å². The van der Waals surface area contributed by atoms with E-state index in [0.717, 1.165) is 6.42 Å². The van der Waals surface area contributed by atoms with Crippen molar-refractivity contribution in [2.24, 2.45) is 11.7 Å². The summed E-state index contributed by atoms with van der Waals surface area (Å²) in [5.74, 6) is -0.240. The Morgan fingerprint density at radius 2 is 1.95 bits per heavy atom. The molecule has 7 heteroatoms. The van der Waals surface area contributed by atoms with Gasteiger partial charge in [-0.1, -0.05) is 13.8 Å². The predicted molar refractivity (Wildman–Crippen MR) is 78.6 cm³/mol. The number of nitrogen functional groups attached to an aromatic ring is 1. The molecule has 0 aliphatic rings. The third-order valence-corrected chi connectivity index (χ3v) is 4.93. The molecule has 20 heavy (non-hydrogen) atoms. The maximum absolute atomic E-state index is 12.4. The minimum Gasteiger partial charge on any atom is -0.398 e. The largest absolute Gasteiger partial charge is 0.398 e. The summed E-state index contributed by atoms with van der Waals surface area (Å²) in [6.45, 7) is 4.46. The lowest BCUT2D eigenvalue weighted by molar-refractivity contribution is 0.1000. The van der Waals surface area contributed by atoms with Gasteiger partial charge < -0.3 is 11.5 Å². The van der Waals surface area contributed by atoms with Crippen LogP contribution in [0, 0.1) is 5.92 Å². The quantitative estimate of drug-likeness (QED) is 0.765. The van der Waals surface area contributed by atoms with Gasteiger partial charge in [0, 0.05) is 19.2 Å². The summed E-state index contributed by atoms with van der Waals surface area (Å²) in [5, 5.41) is 0. The Balaban J connectivity index is 3.06. The van der Waals surface area contributed by atoms with Crippen LogP contribution in [0.1, 0.15) is 30.6 Å². The lowest BCUT2D eigenvalue weighted by atomic mass is 10.1. The highest BCUT2D eigenvalue weighted by atomic mass is 32.2. The zero-order valence-corrected chi connectivity index (χ0v) is 12.8. The minimum atomic E-state index is -3.65. The van der Waals surface area contributed by atoms with Crippen LogP contribution in [0.25, 0.3) is 0 Å². The van der Waals surface area contributed by atoms with Crippen LogP contribution in [0.4, 0.5) is 5.69 Å². The number of benzene rings is 1. The van der Waals surface area contributed by atoms with Crippen molar-refractivity contribution in [2.75, 3.05) is 19.3 Å². The number of rotatable bonds is 6. The fourth-order valence-corrected chi connectivity index (χ4v) is 2.94. The molecular formula is C13H21N3O3S. The zero-order valence-electron chi connectivity index (χ0n) is 12.0. The topological polar surface area (TPSA) is 106 Å². The number of nitrogens with zero attached hydrogens (tertiary/aromatic N) is 1. The van der Waals surface area contributed by atoms with Gasteiger partial charge in [-0.15, -0.1) is 0 Å². The molecule has 0 spiro atoms. The average Bonchev–Trinajstić information content (AvgIpc) is 2.35. The highest BCUT2D eigenvalue weighted by molar-refractivity contribution is 7.89. The Morgan fingerprint density at radius 3 is 2.40 bits per heavy atom. The maximum Gasteiger partial charge on any atom is 0.248 e. The number of sulfonamides is 1. The van der Waals surface area contributed by atoms with Gasteiger partial charge in [-0.05, 0) is 30.5 Å². The van der Waals surface area contributed by atoms with Crippen LogP contribution in [0.15, 0.2) is 23.1 Å². The van der Waals surface area contributed by atoms with Gasteiger partial charge >= 0.3 is 0 Å². The molecule has 1 aromatic carbocycles. The van der Waals surface area contributed by atoms with Crippen molar-refractivity contribution in [3.05, 3.63) is 23.8 Å². The van der Waals surface area contributed by atoms with Crippen LogP contribution in [-0.2, 0) is 10.0 Å². The fraction of sp³-hybridized carbons (Fsp3) is 0.462. The smallest absolute Gasteiger partial charge is 0.248 e. The van der Waals surface area contributed by atoms with Crippen molar-refractivity contribution in [1.29, 1.82) is 0 Å². The molecule has 112 valence electrons. The van der Waals surface area contributed by atoms with Gasteiger partial charge in [-0.25, -0.2) is 12.7 Å². The first kappa shape index (κ1) is 16.5. The molecule has 0 radical (unpaired) electrons. The maximum atomic E-state index is 12.4. The number of hydrogen-bond acceptors (Lipinski definition) is 4. The molecule has 0 aromatic heterocycles. The van der Waals surface area contributed by atoms with Crippen molar-refractivity contribution in [3.8, 4) is 0 Å². The summed E-state index contributed by atoms with van der Waals surface area (Å²) in [6, 6.07) is 3.96. The normalized spacial score (nSPS) is 12.1. The monoisotopic (exact) mass is 299 g/mol. The summed E-state index contributed by atoms with van der Waals surface area (Å²) in [4.78, 5) is 11.0. The van der Waals surface area contributed by atoms with Gasteiger partial charge in [-0.3, -0.25) is 4.79 Å². The van der Waals surface area contributed by atoms with Crippen LogP contribution in [0.5, 0.6) is 0 Å². The number of hydrogen-bond donors (Lipinski definition) is 2. The van der Waals surface area contributed by atoms with Crippen LogP contribution < -0.4 is 11.5 Å². The second kappa shape index (κ2) is 6.23. The van der Waals surface area contributed by atoms with E-state index in [9.17, 15) is 13.2 Å². The second-order valence-electron chi connectivity index (χ2n) is 5.13. The molecule has 0 saturated heterocycles. The molecule has 6 nitrogen and oxygen atoms in total. The molecule has 0 bridgehead atoms. The summed E-state index contributed by atoms with van der Waals surface area (Å²) in [5.41, 5.74) is 11.1. The van der Waals surface area contributed by atoms with E-state index >= 15 is 0 Å². The highest BCUT2D eigenvalue weighted by Crippen LogP contribution is 2.23. The SMILES string of the molecule is CC(C)CCN(C)S(=O)(=O)c1ccc(C(N)=O)cc1N. The fourth-order valence-electron chi connectivity index (χ4n) is 1.66. The second-order valence-corrected chi connectivity index (χ2v) is 7.14. The van der Waals surface area contributed by atoms with Gasteiger partial charge in [0.2, 0.25) is 15.9 Å². The summed E-state index contributed by atoms with van der Waals surface area (Å²) in [7, 11) is -2.14. The van der Waals surface area contributed by atoms with E-state index in [0.29, 0.717) is 12.5 Å². The van der Waals surface area contributed by atoms with E-state index in [1.165, 1.54) is 29.6 Å². The summed E-state index contributed by atoms with van der Waals surface area (Å²) >= 11 is 0. The van der Waals surface area contributed by atoms with Crippen molar-refractivity contribution in [2.45, 2.75) is 25.2 Å². The molecule has 0 unspecified atom stereocenters. The molecule has 4 N–H and O–H groups in total. The van der Waals surface area contributed by atoms with Crippen molar-refractivity contribution in [3.63, 3.8) is 0 Å². The first-order valence-electron chi connectivity index (χ1n) is 6.32. The Kier molecular flexibility index (Phi) is 5.13. The summed E-state index contributed by atoms with van der Waals surface area (Å²) < 4.78 is 26.0. The van der Waals surface area contributed by atoms with Gasteiger partial charge in [0.1, 0.15) is 4.90 Å². The molecule has 0 fully saturated rings. The highest BCUT2D eigenvalue weighted by Gasteiger charge is 2.23. The number of anilines is 1. The molecule has 0 saturated carbocycles. The Hall–Kier alpha value is -1.60. The van der Waals surface area contributed by atoms with E-state index in [1.54, 1.807) is 0 Å². The van der Waals surface area contributed by atoms with Crippen LogP contribution in [-0.4, -0.2) is 32.2 Å². The van der Waals surface area contributed by atoms with Crippen molar-refractivity contribution in [1.82, 2.24) is 4.31 Å². The molecule has 1 aromatic rings. The number of carbonyl (C=O) groups excluding carboxylic acids is 1. The average molecular weight is 299 g/mol. The van der Waals surface area contributed by atoms with Gasteiger partial charge in [0.15, 0.2) is 0 Å². The molecule has 1 rings (SSSR count). The third kappa shape index (κ3) is 3.71. The minimum absolute atomic E-state index is 0.00578. The standard InChI is InChI=1S/C13H21N3O3S/c1-9(2)6-7-16(3)20(18,19)12-5-4-10(13(15)17)8-11(12)14/h4-5,8-9H,6-7,14H2,1-3H3,(H2,15,17). The molecule has 0 heterocycles. The zero-order chi connectivity index (χ0) is 15.5. The molecule has 0 aliphatic carbocycles. The lowest BCUT2D eigenvalue weighted by Gasteiger charge is -2.19. The van der Waals surface area contributed by atoms with Crippen molar-refractivity contribution >= 4 is 21.6 Å². The first-order valence-corrected chi connectivity index (χ1v) is 7.76. The Bertz CT molecular complexity index is 597. The number of primary amides is 1. The van der Waals surface area contributed by atoms with E-state index in [-0.39, 0.29) is 16.1 Å². The molecule has 1 amide bonds. The number of amides is 1. The number of nitrogens with two attached hydrogens (primary N) is 2. The number of carbonyl (C=O) groups is 1. The molecule has 0 atom stereocenters. The van der Waals surface area contributed by atoms with E-state index in [1.807, 2.05) is 13.8 Å². The van der Waals surface area contributed by atoms with E-state index < -0.39 is 15.9 Å². The van der Waals surface area contributed by atoms with Gasteiger partial charge in [0.25, 0.3) is 0 Å². The molecule has 0 aliphatic heterocycles. The van der Waals surface area contributed by atoms with Crippen LogP contribution >= 0.6 is 0 Å². The van der Waals surface area contributed by atoms with Crippen molar-refractivity contribution < 1.29 is 13.2 Å². The van der Waals surface area contributed by atoms with Crippen LogP contribution in [0.3, 0.4) is 0 Å². The summed E-state index contributed by atoms with van der Waals surface area (Å²) in [6.07, 6.45) is 0.759. The lowest BCUT2D eigenvalue weighted by Crippen LogP contribution is -2.29. The van der Waals surface area contributed by atoms with E-state index in [2.05, 4.69) is 0 Å². The van der Waals surface area contributed by atoms with Gasteiger partial charge in [0.05, 0.1) is 5.69 Å². The predicted octanol–water partition coefficient (Wildman–Crippen LogP) is 1.03. The molecular weight excluding hydrogens is 278 g/mol. The van der Waals surface area contributed by atoms with Crippen LogP contribution in [0.2, 0.25) is 0 Å². The first-order chi connectivity index (χ1) is 9.16.